The van der Waals surface area contributed by atoms with E-state index in [1.807, 2.05) is 18.2 Å². The summed E-state index contributed by atoms with van der Waals surface area (Å²) < 4.78 is 29.0. The van der Waals surface area contributed by atoms with Crippen LogP contribution in [0.15, 0.2) is 29.3 Å². The van der Waals surface area contributed by atoms with Gasteiger partial charge in [0.15, 0.2) is 15.8 Å². The van der Waals surface area contributed by atoms with Gasteiger partial charge in [-0.25, -0.2) is 8.42 Å². The molecular formula is C18H28IN3O3S. The van der Waals surface area contributed by atoms with Gasteiger partial charge < -0.3 is 15.4 Å². The predicted octanol–water partition coefficient (Wildman–Crippen LogP) is 2.51. The molecule has 0 aliphatic carbocycles. The van der Waals surface area contributed by atoms with Crippen molar-refractivity contribution in [2.45, 2.75) is 38.8 Å². The van der Waals surface area contributed by atoms with Gasteiger partial charge in [-0.05, 0) is 32.3 Å². The van der Waals surface area contributed by atoms with Crippen molar-refractivity contribution in [2.75, 3.05) is 24.7 Å². The third-order valence-electron chi connectivity index (χ3n) is 4.53. The van der Waals surface area contributed by atoms with Gasteiger partial charge in [0.2, 0.25) is 0 Å². The molecule has 2 aliphatic heterocycles. The van der Waals surface area contributed by atoms with Gasteiger partial charge in [-0.15, -0.1) is 24.0 Å². The van der Waals surface area contributed by atoms with E-state index in [0.29, 0.717) is 25.3 Å². The number of hydrogen-bond acceptors (Lipinski definition) is 4. The fraction of sp³-hybridized carbons (Fsp3) is 0.611. The summed E-state index contributed by atoms with van der Waals surface area (Å²) in [6, 6.07) is 8.43. The van der Waals surface area contributed by atoms with Gasteiger partial charge in [0.05, 0.1) is 24.2 Å². The molecule has 0 aromatic heterocycles. The molecule has 0 amide bonds. The van der Waals surface area contributed by atoms with Gasteiger partial charge in [0, 0.05) is 24.6 Å². The first-order chi connectivity index (χ1) is 11.9. The van der Waals surface area contributed by atoms with Gasteiger partial charge in [0.1, 0.15) is 5.75 Å². The van der Waals surface area contributed by atoms with E-state index in [4.69, 9.17) is 4.74 Å². The molecule has 146 valence electrons. The fourth-order valence-electron chi connectivity index (χ4n) is 3.30. The molecule has 1 fully saturated rings. The van der Waals surface area contributed by atoms with E-state index in [9.17, 15) is 8.42 Å². The Morgan fingerprint density at radius 3 is 2.77 bits per heavy atom. The van der Waals surface area contributed by atoms with Crippen LogP contribution in [-0.2, 0) is 9.84 Å². The summed E-state index contributed by atoms with van der Waals surface area (Å²) in [7, 11) is -2.86. The number of rotatable bonds is 4. The lowest BCUT2D eigenvalue weighted by atomic mass is 10.0. The lowest BCUT2D eigenvalue weighted by molar-refractivity contribution is 0.261. The van der Waals surface area contributed by atoms with Crippen molar-refractivity contribution in [1.29, 1.82) is 0 Å². The molecular weight excluding hydrogens is 465 g/mol. The van der Waals surface area contributed by atoms with Crippen LogP contribution in [-0.4, -0.2) is 45.1 Å². The zero-order valence-corrected chi connectivity index (χ0v) is 18.4. The van der Waals surface area contributed by atoms with Gasteiger partial charge in [-0.3, -0.25) is 4.99 Å². The van der Waals surface area contributed by atoms with E-state index >= 15 is 0 Å². The smallest absolute Gasteiger partial charge is 0.191 e. The first kappa shape index (κ1) is 21.3. The minimum atomic E-state index is -2.86. The Bertz CT molecular complexity index is 737. The van der Waals surface area contributed by atoms with Crippen LogP contribution >= 0.6 is 24.0 Å². The minimum absolute atomic E-state index is 0. The van der Waals surface area contributed by atoms with E-state index in [1.165, 1.54) is 0 Å². The molecule has 2 aliphatic rings. The zero-order valence-electron chi connectivity index (χ0n) is 15.3. The molecule has 0 saturated carbocycles. The Labute approximate surface area is 173 Å². The number of nitrogens with one attached hydrogen (secondary N) is 2. The van der Waals surface area contributed by atoms with Crippen molar-refractivity contribution in [3.8, 4) is 5.75 Å². The van der Waals surface area contributed by atoms with Gasteiger partial charge in [-0.1, -0.05) is 18.2 Å². The van der Waals surface area contributed by atoms with Gasteiger partial charge in [0.25, 0.3) is 0 Å². The van der Waals surface area contributed by atoms with E-state index in [0.717, 1.165) is 23.7 Å². The largest absolute Gasteiger partial charge is 0.493 e. The Morgan fingerprint density at radius 2 is 2.08 bits per heavy atom. The molecule has 1 saturated heterocycles. The third-order valence-corrected chi connectivity index (χ3v) is 6.37. The van der Waals surface area contributed by atoms with Crippen molar-refractivity contribution in [2.24, 2.45) is 10.9 Å². The van der Waals surface area contributed by atoms with Gasteiger partial charge in [-0.2, -0.15) is 0 Å². The summed E-state index contributed by atoms with van der Waals surface area (Å²) in [5.74, 6) is 2.32. The summed E-state index contributed by atoms with van der Waals surface area (Å²) in [5, 5.41) is 6.85. The first-order valence-electron chi connectivity index (χ1n) is 8.92. The van der Waals surface area contributed by atoms with E-state index in [-0.39, 0.29) is 47.7 Å². The molecule has 6 nitrogen and oxygen atoms in total. The second-order valence-corrected chi connectivity index (χ2v) is 9.36. The summed E-state index contributed by atoms with van der Waals surface area (Å²) in [4.78, 5) is 4.67. The second-order valence-electron chi connectivity index (χ2n) is 7.13. The molecule has 1 aromatic rings. The maximum atomic E-state index is 11.6. The van der Waals surface area contributed by atoms with Crippen molar-refractivity contribution < 1.29 is 13.2 Å². The Morgan fingerprint density at radius 1 is 1.31 bits per heavy atom. The lowest BCUT2D eigenvalue weighted by Crippen LogP contribution is -2.44. The molecule has 2 unspecified atom stereocenters. The molecule has 0 bridgehead atoms. The molecule has 0 radical (unpaired) electrons. The van der Waals surface area contributed by atoms with Crippen molar-refractivity contribution in [3.05, 3.63) is 29.8 Å². The summed E-state index contributed by atoms with van der Waals surface area (Å²) in [6.07, 6.45) is 1.58. The zero-order chi connectivity index (χ0) is 17.9. The molecule has 0 spiro atoms. The number of fused-ring (bicyclic) bond motifs is 1. The number of halogens is 1. The number of sulfone groups is 1. The van der Waals surface area contributed by atoms with Crippen LogP contribution in [0, 0.1) is 5.92 Å². The Kier molecular flexibility index (Phi) is 7.57. The van der Waals surface area contributed by atoms with Crippen molar-refractivity contribution in [3.63, 3.8) is 0 Å². The average Bonchev–Trinajstić information content (AvgIpc) is 2.91. The number of benzene rings is 1. The number of aliphatic imine (C=N–C) groups is 1. The molecule has 2 atom stereocenters. The molecule has 2 N–H and O–H groups in total. The number of nitrogens with zero attached hydrogens (tertiary/aromatic N) is 1. The lowest BCUT2D eigenvalue weighted by Gasteiger charge is -2.28. The second kappa shape index (κ2) is 9.25. The molecule has 1 aromatic carbocycles. The van der Waals surface area contributed by atoms with Crippen LogP contribution in [0.25, 0.3) is 0 Å². The highest BCUT2D eigenvalue weighted by atomic mass is 127. The number of ether oxygens (including phenoxy) is 1. The van der Waals surface area contributed by atoms with E-state index < -0.39 is 9.84 Å². The van der Waals surface area contributed by atoms with Crippen LogP contribution in [0.5, 0.6) is 5.75 Å². The quantitative estimate of drug-likeness (QED) is 0.383. The molecule has 26 heavy (non-hydrogen) atoms. The number of hydrogen-bond donors (Lipinski definition) is 2. The average molecular weight is 493 g/mol. The summed E-state index contributed by atoms with van der Waals surface area (Å²) in [6.45, 7) is 5.33. The van der Waals surface area contributed by atoms with Crippen molar-refractivity contribution >= 4 is 39.8 Å². The normalized spacial score (nSPS) is 24.3. The highest BCUT2D eigenvalue weighted by molar-refractivity contribution is 14.0. The monoisotopic (exact) mass is 493 g/mol. The van der Waals surface area contributed by atoms with Crippen LogP contribution in [0.1, 0.15) is 38.3 Å². The van der Waals surface area contributed by atoms with Crippen LogP contribution in [0.2, 0.25) is 0 Å². The third kappa shape index (κ3) is 5.73. The maximum absolute atomic E-state index is 11.6. The SMILES string of the molecule is CC(C)NC(=NCC1CCS(=O)(=O)C1)NC1CCOc2ccccc21.I. The summed E-state index contributed by atoms with van der Waals surface area (Å²) in [5.41, 5.74) is 1.13. The van der Waals surface area contributed by atoms with Crippen LogP contribution in [0.4, 0.5) is 0 Å². The molecule has 3 rings (SSSR count). The van der Waals surface area contributed by atoms with Crippen LogP contribution in [0.3, 0.4) is 0 Å². The first-order valence-corrected chi connectivity index (χ1v) is 10.7. The highest BCUT2D eigenvalue weighted by Gasteiger charge is 2.28. The summed E-state index contributed by atoms with van der Waals surface area (Å²) >= 11 is 0. The Balaban J connectivity index is 0.00000243. The topological polar surface area (TPSA) is 79.8 Å². The Hall–Kier alpha value is -1.03. The number of para-hydroxylation sites is 1. The highest BCUT2D eigenvalue weighted by Crippen LogP contribution is 2.31. The molecule has 8 heteroatoms. The van der Waals surface area contributed by atoms with Crippen LogP contribution < -0.4 is 15.4 Å². The minimum Gasteiger partial charge on any atom is -0.493 e. The van der Waals surface area contributed by atoms with E-state index in [2.05, 4.69) is 35.5 Å². The van der Waals surface area contributed by atoms with Gasteiger partial charge >= 0.3 is 0 Å². The standard InChI is InChI=1S/C18H27N3O3S.HI/c1-13(2)20-18(19-11-14-8-10-25(22,23)12-14)21-16-7-9-24-17-6-4-3-5-15(16)17;/h3-6,13-14,16H,7-12H2,1-2H3,(H2,19,20,21);1H. The maximum Gasteiger partial charge on any atom is 0.191 e. The number of guanidine groups is 1. The van der Waals surface area contributed by atoms with Crippen molar-refractivity contribution in [1.82, 2.24) is 10.6 Å². The predicted molar refractivity (Wildman–Crippen MR) is 115 cm³/mol. The van der Waals surface area contributed by atoms with E-state index in [1.54, 1.807) is 0 Å². The fourth-order valence-corrected chi connectivity index (χ4v) is 5.15. The molecule has 2 heterocycles.